The van der Waals surface area contributed by atoms with Crippen LogP contribution >= 0.6 is 0 Å². The highest BCUT2D eigenvalue weighted by atomic mass is 16.5. The summed E-state index contributed by atoms with van der Waals surface area (Å²) < 4.78 is 5.73. The summed E-state index contributed by atoms with van der Waals surface area (Å²) in [6, 6.07) is 18.3. The minimum Gasteiger partial charge on any atom is -0.492 e. The lowest BCUT2D eigenvalue weighted by Gasteiger charge is -2.10. The normalized spacial score (nSPS) is 10.5. The van der Waals surface area contributed by atoms with E-state index in [9.17, 15) is 0 Å². The molecular formula is C18H18N2O. The molecule has 2 aromatic carbocycles. The molecule has 1 heterocycles. The van der Waals surface area contributed by atoms with Crippen molar-refractivity contribution in [2.75, 3.05) is 18.5 Å². The van der Waals surface area contributed by atoms with Gasteiger partial charge < -0.3 is 10.1 Å². The number of fused-ring (bicyclic) bond motifs is 1. The molecule has 3 nitrogen and oxygen atoms in total. The van der Waals surface area contributed by atoms with Crippen molar-refractivity contribution in [3.63, 3.8) is 0 Å². The first kappa shape index (κ1) is 13.4. The Hall–Kier alpha value is -2.55. The Morgan fingerprint density at radius 1 is 1.05 bits per heavy atom. The van der Waals surface area contributed by atoms with E-state index in [4.69, 9.17) is 4.74 Å². The predicted octanol–water partition coefficient (Wildman–Crippen LogP) is 4.03. The summed E-state index contributed by atoms with van der Waals surface area (Å²) in [6.07, 6.45) is 1.83. The fourth-order valence-corrected chi connectivity index (χ4v) is 2.30. The third-order valence-corrected chi connectivity index (χ3v) is 3.33. The Balaban J connectivity index is 1.60. The van der Waals surface area contributed by atoms with Gasteiger partial charge in [0, 0.05) is 11.6 Å². The number of ether oxygens (including phenoxy) is 1. The maximum absolute atomic E-state index is 5.73. The molecule has 0 amide bonds. The summed E-state index contributed by atoms with van der Waals surface area (Å²) in [6.45, 7) is 3.38. The van der Waals surface area contributed by atoms with Crippen LogP contribution in [0, 0.1) is 6.92 Å². The van der Waals surface area contributed by atoms with Gasteiger partial charge in [0.05, 0.1) is 6.54 Å². The first-order valence-electron chi connectivity index (χ1n) is 7.10. The maximum Gasteiger partial charge on any atom is 0.133 e. The first-order chi connectivity index (χ1) is 10.3. The Bertz CT molecular complexity index is 735. The minimum atomic E-state index is 0.606. The van der Waals surface area contributed by atoms with Crippen molar-refractivity contribution in [2.24, 2.45) is 0 Å². The van der Waals surface area contributed by atoms with Crippen molar-refractivity contribution in [3.8, 4) is 5.75 Å². The zero-order valence-electron chi connectivity index (χ0n) is 12.0. The molecule has 0 aliphatic heterocycles. The molecule has 0 saturated heterocycles. The Morgan fingerprint density at radius 3 is 2.86 bits per heavy atom. The van der Waals surface area contributed by atoms with Crippen molar-refractivity contribution >= 4 is 16.6 Å². The van der Waals surface area contributed by atoms with Crippen LogP contribution in [0.2, 0.25) is 0 Å². The molecule has 0 fully saturated rings. The summed E-state index contributed by atoms with van der Waals surface area (Å²) in [5.41, 5.74) is 1.20. The van der Waals surface area contributed by atoms with Crippen LogP contribution in [0.15, 0.2) is 60.8 Å². The van der Waals surface area contributed by atoms with E-state index in [1.165, 1.54) is 10.9 Å². The average molecular weight is 278 g/mol. The third-order valence-electron chi connectivity index (χ3n) is 3.33. The molecule has 1 N–H and O–H groups in total. The van der Waals surface area contributed by atoms with Crippen LogP contribution in [-0.4, -0.2) is 18.1 Å². The van der Waals surface area contributed by atoms with Gasteiger partial charge in [-0.25, -0.2) is 4.98 Å². The van der Waals surface area contributed by atoms with Crippen LogP contribution in [0.25, 0.3) is 10.8 Å². The Kier molecular flexibility index (Phi) is 4.01. The van der Waals surface area contributed by atoms with Gasteiger partial charge >= 0.3 is 0 Å². The standard InChI is InChI=1S/C18H18N2O/c1-14-5-4-7-16(13-14)21-12-11-20-18-17-8-3-2-6-15(17)9-10-19-18/h2-10,13H,11-12H2,1H3,(H,19,20). The molecule has 0 bridgehead atoms. The van der Waals surface area contributed by atoms with Crippen molar-refractivity contribution in [3.05, 3.63) is 66.4 Å². The van der Waals surface area contributed by atoms with Gasteiger partial charge in [-0.1, -0.05) is 36.4 Å². The molecular weight excluding hydrogens is 260 g/mol. The number of anilines is 1. The number of benzene rings is 2. The summed E-state index contributed by atoms with van der Waals surface area (Å²) in [5.74, 6) is 1.81. The SMILES string of the molecule is Cc1cccc(OCCNc2nccc3ccccc23)c1. The molecule has 21 heavy (non-hydrogen) atoms. The first-order valence-corrected chi connectivity index (χ1v) is 7.10. The van der Waals surface area contributed by atoms with Crippen LogP contribution in [0.4, 0.5) is 5.82 Å². The predicted molar refractivity (Wildman–Crippen MR) is 86.9 cm³/mol. The largest absolute Gasteiger partial charge is 0.492 e. The molecule has 0 atom stereocenters. The van der Waals surface area contributed by atoms with Crippen LogP contribution in [0.3, 0.4) is 0 Å². The van der Waals surface area contributed by atoms with E-state index < -0.39 is 0 Å². The number of aromatic nitrogens is 1. The summed E-state index contributed by atoms with van der Waals surface area (Å²) in [7, 11) is 0. The molecule has 1 aromatic heterocycles. The number of aryl methyl sites for hydroxylation is 1. The summed E-state index contributed by atoms with van der Waals surface area (Å²) in [4.78, 5) is 4.40. The van der Waals surface area contributed by atoms with E-state index in [0.29, 0.717) is 6.61 Å². The molecule has 0 aliphatic rings. The molecule has 3 aromatic rings. The number of hydrogen-bond acceptors (Lipinski definition) is 3. The van der Waals surface area contributed by atoms with Crippen molar-refractivity contribution < 1.29 is 4.74 Å². The van der Waals surface area contributed by atoms with Gasteiger partial charge in [0.1, 0.15) is 18.2 Å². The second kappa shape index (κ2) is 6.27. The van der Waals surface area contributed by atoms with Crippen LogP contribution in [0.1, 0.15) is 5.56 Å². The lowest BCUT2D eigenvalue weighted by atomic mass is 10.1. The van der Waals surface area contributed by atoms with E-state index in [1.54, 1.807) is 0 Å². The second-order valence-electron chi connectivity index (χ2n) is 4.97. The van der Waals surface area contributed by atoms with Gasteiger partial charge in [0.25, 0.3) is 0 Å². The van der Waals surface area contributed by atoms with Gasteiger partial charge in [-0.2, -0.15) is 0 Å². The fourth-order valence-electron chi connectivity index (χ4n) is 2.30. The number of nitrogens with zero attached hydrogens (tertiary/aromatic N) is 1. The van der Waals surface area contributed by atoms with Crippen LogP contribution < -0.4 is 10.1 Å². The van der Waals surface area contributed by atoms with Gasteiger partial charge in [0.2, 0.25) is 0 Å². The van der Waals surface area contributed by atoms with Crippen molar-refractivity contribution in [1.29, 1.82) is 0 Å². The van der Waals surface area contributed by atoms with Crippen LogP contribution in [-0.2, 0) is 0 Å². The maximum atomic E-state index is 5.73. The van der Waals surface area contributed by atoms with Gasteiger partial charge in [0.15, 0.2) is 0 Å². The molecule has 0 spiro atoms. The minimum absolute atomic E-state index is 0.606. The lowest BCUT2D eigenvalue weighted by Crippen LogP contribution is -2.12. The molecule has 3 rings (SSSR count). The molecule has 0 radical (unpaired) electrons. The smallest absolute Gasteiger partial charge is 0.133 e. The van der Waals surface area contributed by atoms with E-state index in [-0.39, 0.29) is 0 Å². The third kappa shape index (κ3) is 3.31. The zero-order chi connectivity index (χ0) is 14.5. The topological polar surface area (TPSA) is 34.1 Å². The number of pyridine rings is 1. The second-order valence-corrected chi connectivity index (χ2v) is 4.97. The van der Waals surface area contributed by atoms with Crippen molar-refractivity contribution in [1.82, 2.24) is 4.98 Å². The number of nitrogens with one attached hydrogen (secondary N) is 1. The zero-order valence-corrected chi connectivity index (χ0v) is 12.0. The molecule has 106 valence electrons. The van der Waals surface area contributed by atoms with E-state index >= 15 is 0 Å². The van der Waals surface area contributed by atoms with Gasteiger partial charge in [-0.15, -0.1) is 0 Å². The highest BCUT2D eigenvalue weighted by molar-refractivity contribution is 5.91. The number of rotatable bonds is 5. The van der Waals surface area contributed by atoms with E-state index in [2.05, 4.69) is 35.4 Å². The summed E-state index contributed by atoms with van der Waals surface area (Å²) >= 11 is 0. The molecule has 0 saturated carbocycles. The Labute approximate surface area is 124 Å². The average Bonchev–Trinajstić information content (AvgIpc) is 2.52. The highest BCUT2D eigenvalue weighted by Crippen LogP contribution is 2.20. The molecule has 3 heteroatoms. The number of hydrogen-bond donors (Lipinski definition) is 1. The van der Waals surface area contributed by atoms with Crippen molar-refractivity contribution in [2.45, 2.75) is 6.92 Å². The Morgan fingerprint density at radius 2 is 1.95 bits per heavy atom. The van der Waals surface area contributed by atoms with Gasteiger partial charge in [-0.05, 0) is 36.1 Å². The van der Waals surface area contributed by atoms with E-state index in [0.717, 1.165) is 23.5 Å². The molecule has 0 aliphatic carbocycles. The molecule has 0 unspecified atom stereocenters. The van der Waals surface area contributed by atoms with E-state index in [1.807, 2.05) is 42.6 Å². The van der Waals surface area contributed by atoms with Gasteiger partial charge in [-0.3, -0.25) is 0 Å². The summed E-state index contributed by atoms with van der Waals surface area (Å²) in [5, 5.41) is 5.66. The lowest BCUT2D eigenvalue weighted by molar-refractivity contribution is 0.332. The quantitative estimate of drug-likeness (QED) is 0.715. The fraction of sp³-hybridized carbons (Fsp3) is 0.167. The highest BCUT2D eigenvalue weighted by Gasteiger charge is 2.01. The monoisotopic (exact) mass is 278 g/mol. The van der Waals surface area contributed by atoms with Crippen LogP contribution in [0.5, 0.6) is 5.75 Å².